The standard InChI is InChI=1S/C15H23FN2/c1-12-5-6-14(11-15(12)16)13(2)18-9-3-7-17-8-4-10-18/h5-6,11,13,17H,3-4,7-10H2,1-2H3. The lowest BCUT2D eigenvalue weighted by atomic mass is 10.0. The van der Waals surface area contributed by atoms with E-state index in [0.29, 0.717) is 6.04 Å². The molecule has 0 aromatic heterocycles. The van der Waals surface area contributed by atoms with Gasteiger partial charge in [-0.15, -0.1) is 0 Å². The highest BCUT2D eigenvalue weighted by Gasteiger charge is 2.17. The smallest absolute Gasteiger partial charge is 0.126 e. The highest BCUT2D eigenvalue weighted by Crippen LogP contribution is 2.23. The molecule has 100 valence electrons. The number of hydrogen-bond acceptors (Lipinski definition) is 2. The van der Waals surface area contributed by atoms with Crippen LogP contribution in [0.1, 0.15) is 36.9 Å². The van der Waals surface area contributed by atoms with Crippen LogP contribution in [0.4, 0.5) is 4.39 Å². The van der Waals surface area contributed by atoms with Crippen LogP contribution in [0.5, 0.6) is 0 Å². The van der Waals surface area contributed by atoms with Crippen LogP contribution >= 0.6 is 0 Å². The Morgan fingerprint density at radius 2 is 1.89 bits per heavy atom. The zero-order chi connectivity index (χ0) is 13.0. The van der Waals surface area contributed by atoms with Gasteiger partial charge in [0.25, 0.3) is 0 Å². The summed E-state index contributed by atoms with van der Waals surface area (Å²) in [4.78, 5) is 2.46. The van der Waals surface area contributed by atoms with Crippen molar-refractivity contribution < 1.29 is 4.39 Å². The second-order valence-corrected chi connectivity index (χ2v) is 5.18. The molecule has 1 N–H and O–H groups in total. The minimum absolute atomic E-state index is 0.0898. The first-order chi connectivity index (χ1) is 8.68. The van der Waals surface area contributed by atoms with Gasteiger partial charge in [-0.3, -0.25) is 4.90 Å². The number of rotatable bonds is 2. The van der Waals surface area contributed by atoms with Gasteiger partial charge in [-0.2, -0.15) is 0 Å². The summed E-state index contributed by atoms with van der Waals surface area (Å²) in [7, 11) is 0. The van der Waals surface area contributed by atoms with Crippen molar-refractivity contribution in [2.75, 3.05) is 26.2 Å². The van der Waals surface area contributed by atoms with E-state index in [1.807, 2.05) is 13.0 Å². The average Bonchev–Trinajstić information content (AvgIpc) is 2.31. The predicted molar refractivity (Wildman–Crippen MR) is 73.2 cm³/mol. The average molecular weight is 250 g/mol. The van der Waals surface area contributed by atoms with Crippen LogP contribution in [0.2, 0.25) is 0 Å². The van der Waals surface area contributed by atoms with Gasteiger partial charge in [0.05, 0.1) is 0 Å². The first-order valence-electron chi connectivity index (χ1n) is 6.89. The fraction of sp³-hybridized carbons (Fsp3) is 0.600. The van der Waals surface area contributed by atoms with Gasteiger partial charge in [0, 0.05) is 6.04 Å². The molecular formula is C15H23FN2. The summed E-state index contributed by atoms with van der Waals surface area (Å²) in [6.07, 6.45) is 2.33. The monoisotopic (exact) mass is 250 g/mol. The molecule has 0 aliphatic carbocycles. The van der Waals surface area contributed by atoms with Crippen LogP contribution in [0, 0.1) is 12.7 Å². The van der Waals surface area contributed by atoms with Crippen LogP contribution in [-0.4, -0.2) is 31.1 Å². The first kappa shape index (κ1) is 13.5. The molecule has 1 aromatic rings. The minimum Gasteiger partial charge on any atom is -0.317 e. The third-order valence-electron chi connectivity index (χ3n) is 3.82. The molecule has 1 heterocycles. The maximum atomic E-state index is 13.6. The molecule has 1 atom stereocenters. The number of aryl methyl sites for hydroxylation is 1. The molecule has 1 aromatic carbocycles. The fourth-order valence-corrected chi connectivity index (χ4v) is 2.52. The topological polar surface area (TPSA) is 15.3 Å². The minimum atomic E-state index is -0.0898. The summed E-state index contributed by atoms with van der Waals surface area (Å²) in [6.45, 7) is 8.34. The Kier molecular flexibility index (Phi) is 4.72. The summed E-state index contributed by atoms with van der Waals surface area (Å²) in [5.41, 5.74) is 1.81. The summed E-state index contributed by atoms with van der Waals surface area (Å²) in [5.74, 6) is -0.0898. The summed E-state index contributed by atoms with van der Waals surface area (Å²) < 4.78 is 13.6. The maximum absolute atomic E-state index is 13.6. The first-order valence-corrected chi connectivity index (χ1v) is 6.89. The van der Waals surface area contributed by atoms with E-state index in [-0.39, 0.29) is 5.82 Å². The molecule has 18 heavy (non-hydrogen) atoms. The highest BCUT2D eigenvalue weighted by atomic mass is 19.1. The molecule has 1 unspecified atom stereocenters. The highest BCUT2D eigenvalue weighted by molar-refractivity contribution is 5.25. The van der Waals surface area contributed by atoms with E-state index >= 15 is 0 Å². The lowest BCUT2D eigenvalue weighted by Gasteiger charge is -2.31. The van der Waals surface area contributed by atoms with Crippen molar-refractivity contribution in [3.8, 4) is 0 Å². The Morgan fingerprint density at radius 3 is 2.50 bits per heavy atom. The fourth-order valence-electron chi connectivity index (χ4n) is 2.52. The van der Waals surface area contributed by atoms with E-state index in [2.05, 4.69) is 23.2 Å². The Morgan fingerprint density at radius 1 is 1.22 bits per heavy atom. The quantitative estimate of drug-likeness (QED) is 0.868. The van der Waals surface area contributed by atoms with E-state index < -0.39 is 0 Å². The molecule has 3 heteroatoms. The van der Waals surface area contributed by atoms with Crippen molar-refractivity contribution in [1.82, 2.24) is 10.2 Å². The molecule has 1 saturated heterocycles. The second-order valence-electron chi connectivity index (χ2n) is 5.18. The van der Waals surface area contributed by atoms with Gasteiger partial charge in [0.1, 0.15) is 5.82 Å². The molecule has 0 spiro atoms. The molecular weight excluding hydrogens is 227 g/mol. The third-order valence-corrected chi connectivity index (χ3v) is 3.82. The van der Waals surface area contributed by atoms with Crippen LogP contribution in [0.3, 0.4) is 0 Å². The Labute approximate surface area is 109 Å². The van der Waals surface area contributed by atoms with Crippen molar-refractivity contribution in [2.45, 2.75) is 32.7 Å². The Bertz CT molecular complexity index is 384. The molecule has 0 saturated carbocycles. The number of nitrogens with zero attached hydrogens (tertiary/aromatic N) is 1. The Balaban J connectivity index is 2.08. The zero-order valence-electron chi connectivity index (χ0n) is 11.4. The van der Waals surface area contributed by atoms with Gasteiger partial charge < -0.3 is 5.32 Å². The van der Waals surface area contributed by atoms with E-state index in [1.165, 1.54) is 12.8 Å². The summed E-state index contributed by atoms with van der Waals surface area (Å²) in [5, 5.41) is 3.42. The summed E-state index contributed by atoms with van der Waals surface area (Å²) in [6, 6.07) is 5.93. The molecule has 1 aliphatic rings. The van der Waals surface area contributed by atoms with Gasteiger partial charge in [0.15, 0.2) is 0 Å². The number of hydrogen-bond donors (Lipinski definition) is 1. The molecule has 0 bridgehead atoms. The van der Waals surface area contributed by atoms with Gasteiger partial charge in [-0.25, -0.2) is 4.39 Å². The van der Waals surface area contributed by atoms with Gasteiger partial charge in [-0.05, 0) is 70.1 Å². The molecule has 2 rings (SSSR count). The predicted octanol–water partition coefficient (Wildman–Crippen LogP) is 2.88. The van der Waals surface area contributed by atoms with Crippen LogP contribution < -0.4 is 5.32 Å². The van der Waals surface area contributed by atoms with E-state index in [1.54, 1.807) is 6.07 Å². The summed E-state index contributed by atoms with van der Waals surface area (Å²) >= 11 is 0. The van der Waals surface area contributed by atoms with Gasteiger partial charge in [-0.1, -0.05) is 12.1 Å². The van der Waals surface area contributed by atoms with Gasteiger partial charge in [0.2, 0.25) is 0 Å². The van der Waals surface area contributed by atoms with Crippen molar-refractivity contribution in [3.63, 3.8) is 0 Å². The number of benzene rings is 1. The molecule has 0 amide bonds. The molecule has 0 radical (unpaired) electrons. The molecule has 1 fully saturated rings. The van der Waals surface area contributed by atoms with Crippen LogP contribution in [-0.2, 0) is 0 Å². The van der Waals surface area contributed by atoms with E-state index in [0.717, 1.165) is 37.3 Å². The molecule has 1 aliphatic heterocycles. The van der Waals surface area contributed by atoms with E-state index in [4.69, 9.17) is 0 Å². The van der Waals surface area contributed by atoms with Crippen molar-refractivity contribution in [1.29, 1.82) is 0 Å². The van der Waals surface area contributed by atoms with Crippen LogP contribution in [0.15, 0.2) is 18.2 Å². The maximum Gasteiger partial charge on any atom is 0.126 e. The lowest BCUT2D eigenvalue weighted by molar-refractivity contribution is 0.195. The largest absolute Gasteiger partial charge is 0.317 e. The second kappa shape index (κ2) is 6.30. The van der Waals surface area contributed by atoms with Crippen molar-refractivity contribution >= 4 is 0 Å². The number of halogens is 1. The third kappa shape index (κ3) is 3.30. The van der Waals surface area contributed by atoms with Gasteiger partial charge >= 0.3 is 0 Å². The van der Waals surface area contributed by atoms with E-state index in [9.17, 15) is 4.39 Å². The Hall–Kier alpha value is -0.930. The molecule has 2 nitrogen and oxygen atoms in total. The lowest BCUT2D eigenvalue weighted by Crippen LogP contribution is -2.35. The number of nitrogens with one attached hydrogen (secondary N) is 1. The SMILES string of the molecule is Cc1ccc(C(C)N2CCCNCCC2)cc1F. The zero-order valence-corrected chi connectivity index (χ0v) is 11.4. The normalized spacial score (nSPS) is 20.2. The van der Waals surface area contributed by atoms with Crippen molar-refractivity contribution in [2.24, 2.45) is 0 Å². The van der Waals surface area contributed by atoms with Crippen LogP contribution in [0.25, 0.3) is 0 Å². The van der Waals surface area contributed by atoms with Crippen molar-refractivity contribution in [3.05, 3.63) is 35.1 Å².